The van der Waals surface area contributed by atoms with Gasteiger partial charge in [0.1, 0.15) is 0 Å². The van der Waals surface area contributed by atoms with Gasteiger partial charge in [0, 0.05) is 9.50 Å². The summed E-state index contributed by atoms with van der Waals surface area (Å²) in [6.07, 6.45) is 0. The molecule has 0 aliphatic rings. The summed E-state index contributed by atoms with van der Waals surface area (Å²) in [5, 5.41) is 0.607. The molecule has 0 saturated heterocycles. The van der Waals surface area contributed by atoms with Gasteiger partial charge in [0.25, 0.3) is 0 Å². The second kappa shape index (κ2) is 5.68. The van der Waals surface area contributed by atoms with Gasteiger partial charge in [0.15, 0.2) is 11.6 Å². The summed E-state index contributed by atoms with van der Waals surface area (Å²) in [5.74, 6) is -1.71. The van der Waals surface area contributed by atoms with Crippen molar-refractivity contribution in [3.63, 3.8) is 0 Å². The topological polar surface area (TPSA) is 0 Å². The molecule has 2 aromatic rings. The van der Waals surface area contributed by atoms with Crippen molar-refractivity contribution in [1.29, 1.82) is 0 Å². The largest absolute Gasteiger partial charge is 0.204 e. The highest BCUT2D eigenvalue weighted by atomic mass is 79.9. The zero-order valence-corrected chi connectivity index (χ0v) is 12.9. The molecule has 0 nitrogen and oxygen atoms in total. The number of benzene rings is 2. The van der Waals surface area contributed by atoms with E-state index in [9.17, 15) is 8.78 Å². The molecule has 0 radical (unpaired) electrons. The lowest BCUT2D eigenvalue weighted by Gasteiger charge is -2.13. The maximum absolute atomic E-state index is 13.2. The van der Waals surface area contributed by atoms with E-state index in [1.807, 2.05) is 6.07 Å². The first-order valence-electron chi connectivity index (χ1n) is 5.03. The SMILES string of the molecule is Fc1ccc(C(Br)c2ccc(Cl)cc2Br)cc1F. The Morgan fingerprint density at radius 2 is 1.72 bits per heavy atom. The lowest BCUT2D eigenvalue weighted by molar-refractivity contribution is 0.507. The van der Waals surface area contributed by atoms with Crippen LogP contribution in [0.15, 0.2) is 40.9 Å². The van der Waals surface area contributed by atoms with Gasteiger partial charge in [-0.15, -0.1) is 0 Å². The molecule has 2 rings (SSSR count). The maximum atomic E-state index is 13.2. The molecular weight excluding hydrogens is 389 g/mol. The summed E-state index contributed by atoms with van der Waals surface area (Å²) in [4.78, 5) is -0.237. The van der Waals surface area contributed by atoms with Crippen molar-refractivity contribution in [2.45, 2.75) is 4.83 Å². The molecule has 5 heteroatoms. The summed E-state index contributed by atoms with van der Waals surface area (Å²) < 4.78 is 26.9. The van der Waals surface area contributed by atoms with Crippen LogP contribution in [0.4, 0.5) is 8.78 Å². The number of rotatable bonds is 2. The Labute approximate surface area is 125 Å². The van der Waals surface area contributed by atoms with Gasteiger partial charge in [0.05, 0.1) is 4.83 Å². The lowest BCUT2D eigenvalue weighted by Crippen LogP contribution is -1.96. The fourth-order valence-corrected chi connectivity index (χ4v) is 3.46. The molecule has 0 fully saturated rings. The fourth-order valence-electron chi connectivity index (χ4n) is 1.56. The van der Waals surface area contributed by atoms with Crippen molar-refractivity contribution in [2.75, 3.05) is 0 Å². The molecule has 0 bridgehead atoms. The zero-order chi connectivity index (χ0) is 13.3. The maximum Gasteiger partial charge on any atom is 0.159 e. The minimum Gasteiger partial charge on any atom is -0.204 e. The van der Waals surface area contributed by atoms with Crippen molar-refractivity contribution in [3.8, 4) is 0 Å². The van der Waals surface area contributed by atoms with Crippen molar-refractivity contribution < 1.29 is 8.78 Å². The van der Waals surface area contributed by atoms with Gasteiger partial charge in [-0.25, -0.2) is 8.78 Å². The minimum atomic E-state index is -0.859. The Morgan fingerprint density at radius 1 is 1.00 bits per heavy atom. The van der Waals surface area contributed by atoms with E-state index in [1.165, 1.54) is 6.07 Å². The normalized spacial score (nSPS) is 12.5. The van der Waals surface area contributed by atoms with E-state index in [2.05, 4.69) is 31.9 Å². The van der Waals surface area contributed by atoms with Gasteiger partial charge >= 0.3 is 0 Å². The Balaban J connectivity index is 2.41. The average Bonchev–Trinajstić information content (AvgIpc) is 2.32. The van der Waals surface area contributed by atoms with Crippen LogP contribution in [0.2, 0.25) is 5.02 Å². The Hall–Kier alpha value is -0.450. The van der Waals surface area contributed by atoms with Crippen LogP contribution in [0.5, 0.6) is 0 Å². The van der Waals surface area contributed by atoms with Crippen LogP contribution in [0.1, 0.15) is 16.0 Å². The van der Waals surface area contributed by atoms with Gasteiger partial charge < -0.3 is 0 Å². The minimum absolute atomic E-state index is 0.237. The molecule has 1 unspecified atom stereocenters. The summed E-state index contributed by atoms with van der Waals surface area (Å²) in [6, 6.07) is 9.16. The van der Waals surface area contributed by atoms with E-state index in [4.69, 9.17) is 11.6 Å². The predicted octanol–water partition coefficient (Wildman–Crippen LogP) is 5.87. The number of halogens is 5. The number of alkyl halides is 1. The number of hydrogen-bond donors (Lipinski definition) is 0. The smallest absolute Gasteiger partial charge is 0.159 e. The second-order valence-corrected chi connectivity index (χ2v) is 5.91. The molecule has 1 atom stereocenters. The van der Waals surface area contributed by atoms with Crippen LogP contribution in [-0.4, -0.2) is 0 Å². The van der Waals surface area contributed by atoms with E-state index in [-0.39, 0.29) is 4.83 Å². The van der Waals surface area contributed by atoms with Crippen molar-refractivity contribution in [2.24, 2.45) is 0 Å². The molecular formula is C13H7Br2ClF2. The van der Waals surface area contributed by atoms with Crippen LogP contribution in [0.3, 0.4) is 0 Å². The fraction of sp³-hybridized carbons (Fsp3) is 0.0769. The van der Waals surface area contributed by atoms with Gasteiger partial charge in [-0.2, -0.15) is 0 Å². The molecule has 0 aromatic heterocycles. The summed E-state index contributed by atoms with van der Waals surface area (Å²) >= 11 is 12.7. The van der Waals surface area contributed by atoms with E-state index in [0.717, 1.165) is 16.1 Å². The van der Waals surface area contributed by atoms with Gasteiger partial charge in [-0.1, -0.05) is 55.6 Å². The lowest BCUT2D eigenvalue weighted by atomic mass is 10.0. The first kappa shape index (κ1) is 14.0. The highest BCUT2D eigenvalue weighted by Gasteiger charge is 2.15. The van der Waals surface area contributed by atoms with Gasteiger partial charge in [-0.05, 0) is 35.4 Å². The second-order valence-electron chi connectivity index (χ2n) is 3.70. The van der Waals surface area contributed by atoms with Crippen LogP contribution in [-0.2, 0) is 0 Å². The molecule has 0 aliphatic carbocycles. The van der Waals surface area contributed by atoms with E-state index >= 15 is 0 Å². The molecule has 0 spiro atoms. The Morgan fingerprint density at radius 3 is 2.33 bits per heavy atom. The molecule has 0 saturated carbocycles. The van der Waals surface area contributed by atoms with Crippen LogP contribution in [0, 0.1) is 11.6 Å². The Bertz CT molecular complexity index is 587. The average molecular weight is 396 g/mol. The molecule has 0 amide bonds. The predicted molar refractivity (Wildman–Crippen MR) is 76.3 cm³/mol. The van der Waals surface area contributed by atoms with E-state index in [0.29, 0.717) is 10.6 Å². The highest BCUT2D eigenvalue weighted by Crippen LogP contribution is 2.36. The first-order chi connectivity index (χ1) is 8.49. The number of hydrogen-bond acceptors (Lipinski definition) is 0. The third-order valence-corrected chi connectivity index (χ3v) is 4.42. The molecule has 0 heterocycles. The Kier molecular flexibility index (Phi) is 4.41. The van der Waals surface area contributed by atoms with Crippen molar-refractivity contribution in [3.05, 3.63) is 68.7 Å². The summed E-state index contributed by atoms with van der Waals surface area (Å²) in [6.45, 7) is 0. The third-order valence-electron chi connectivity index (χ3n) is 2.47. The quantitative estimate of drug-likeness (QED) is 0.558. The van der Waals surface area contributed by atoms with Gasteiger partial charge in [0.2, 0.25) is 0 Å². The van der Waals surface area contributed by atoms with Crippen LogP contribution in [0.25, 0.3) is 0 Å². The molecule has 94 valence electrons. The third kappa shape index (κ3) is 2.92. The van der Waals surface area contributed by atoms with Gasteiger partial charge in [-0.3, -0.25) is 0 Å². The zero-order valence-electron chi connectivity index (χ0n) is 8.93. The van der Waals surface area contributed by atoms with Crippen molar-refractivity contribution in [1.82, 2.24) is 0 Å². The monoisotopic (exact) mass is 394 g/mol. The van der Waals surface area contributed by atoms with E-state index < -0.39 is 11.6 Å². The van der Waals surface area contributed by atoms with Crippen LogP contribution >= 0.6 is 43.5 Å². The van der Waals surface area contributed by atoms with E-state index in [1.54, 1.807) is 18.2 Å². The summed E-state index contributed by atoms with van der Waals surface area (Å²) in [5.41, 5.74) is 1.53. The molecule has 0 aliphatic heterocycles. The van der Waals surface area contributed by atoms with Crippen molar-refractivity contribution >= 4 is 43.5 Å². The molecule has 0 N–H and O–H groups in total. The van der Waals surface area contributed by atoms with Crippen LogP contribution < -0.4 is 0 Å². The standard InChI is InChI=1S/C13H7Br2ClF2/c14-10-6-8(16)2-3-9(10)13(15)7-1-4-11(17)12(18)5-7/h1-6,13H. The molecule has 2 aromatic carbocycles. The molecule has 18 heavy (non-hydrogen) atoms. The highest BCUT2D eigenvalue weighted by molar-refractivity contribution is 9.11. The first-order valence-corrected chi connectivity index (χ1v) is 7.11. The summed E-state index contributed by atoms with van der Waals surface area (Å²) in [7, 11) is 0.